The Labute approximate surface area is 211 Å². The van der Waals surface area contributed by atoms with Crippen molar-refractivity contribution in [3.63, 3.8) is 0 Å². The Morgan fingerprint density at radius 3 is 2.40 bits per heavy atom. The first-order valence-corrected chi connectivity index (χ1v) is 11.4. The molecule has 1 aliphatic rings. The summed E-state index contributed by atoms with van der Waals surface area (Å²) in [6, 6.07) is 19.7. The molecule has 0 bridgehead atoms. The number of nitrogens with zero attached hydrogens (tertiary/aromatic N) is 2. The minimum atomic E-state index is -1.09. The van der Waals surface area contributed by atoms with E-state index in [2.05, 4.69) is 10.7 Å². The van der Waals surface area contributed by atoms with Crippen molar-refractivity contribution in [2.75, 3.05) is 5.32 Å². The van der Waals surface area contributed by atoms with Crippen LogP contribution in [0.15, 0.2) is 78.9 Å². The highest BCUT2D eigenvalue weighted by atomic mass is 35.5. The number of halogens is 2. The molecule has 1 atom stereocenters. The number of rotatable bonds is 7. The molecular formula is C25H20ClFN4O3S. The van der Waals surface area contributed by atoms with Gasteiger partial charge in [0.2, 0.25) is 5.91 Å². The summed E-state index contributed by atoms with van der Waals surface area (Å²) in [5.41, 5.74) is 3.95. The van der Waals surface area contributed by atoms with Crippen LogP contribution < -0.4 is 10.7 Å². The average molecular weight is 511 g/mol. The fourth-order valence-corrected chi connectivity index (χ4v) is 4.04. The van der Waals surface area contributed by atoms with E-state index >= 15 is 0 Å². The molecule has 0 saturated carbocycles. The molecule has 2 N–H and O–H groups in total. The van der Waals surface area contributed by atoms with Crippen LogP contribution in [0.4, 0.5) is 10.1 Å². The third kappa shape index (κ3) is 5.82. The first-order valence-electron chi connectivity index (χ1n) is 10.6. The van der Waals surface area contributed by atoms with E-state index in [4.69, 9.17) is 23.8 Å². The fraction of sp³-hybridized carbons (Fsp3) is 0.120. The van der Waals surface area contributed by atoms with Gasteiger partial charge in [0, 0.05) is 16.3 Å². The molecule has 0 aromatic heterocycles. The van der Waals surface area contributed by atoms with E-state index in [1.54, 1.807) is 24.3 Å². The second kappa shape index (κ2) is 10.6. The van der Waals surface area contributed by atoms with Crippen LogP contribution in [0.25, 0.3) is 0 Å². The molecule has 0 aliphatic carbocycles. The molecule has 3 aromatic carbocycles. The molecule has 1 saturated heterocycles. The molecular weight excluding hydrogens is 491 g/mol. The van der Waals surface area contributed by atoms with Crippen molar-refractivity contribution in [3.8, 4) is 0 Å². The van der Waals surface area contributed by atoms with Gasteiger partial charge in [-0.2, -0.15) is 0 Å². The van der Waals surface area contributed by atoms with Gasteiger partial charge >= 0.3 is 0 Å². The maximum absolute atomic E-state index is 13.6. The lowest BCUT2D eigenvalue weighted by Crippen LogP contribution is -2.49. The smallest absolute Gasteiger partial charge is 0.269 e. The lowest BCUT2D eigenvalue weighted by Gasteiger charge is -2.24. The molecule has 7 nitrogen and oxygen atoms in total. The van der Waals surface area contributed by atoms with E-state index in [1.807, 2.05) is 30.3 Å². The van der Waals surface area contributed by atoms with Crippen molar-refractivity contribution in [2.45, 2.75) is 19.0 Å². The Bertz CT molecular complexity index is 1270. The predicted molar refractivity (Wildman–Crippen MR) is 134 cm³/mol. The molecule has 1 heterocycles. The van der Waals surface area contributed by atoms with Gasteiger partial charge in [0.15, 0.2) is 5.11 Å². The van der Waals surface area contributed by atoms with Crippen molar-refractivity contribution >= 4 is 52.3 Å². The van der Waals surface area contributed by atoms with Crippen LogP contribution in [0, 0.1) is 5.82 Å². The van der Waals surface area contributed by atoms with Gasteiger partial charge in [-0.3, -0.25) is 24.7 Å². The third-order valence-corrected chi connectivity index (χ3v) is 5.97. The highest BCUT2D eigenvalue weighted by molar-refractivity contribution is 7.80. The summed E-state index contributed by atoms with van der Waals surface area (Å²) < 4.78 is 13.6. The first kappa shape index (κ1) is 24.3. The fourth-order valence-electron chi connectivity index (χ4n) is 3.59. The predicted octanol–water partition coefficient (Wildman–Crippen LogP) is 4.15. The minimum Gasteiger partial charge on any atom is -0.326 e. The number of amides is 3. The zero-order chi connectivity index (χ0) is 24.9. The van der Waals surface area contributed by atoms with Gasteiger partial charge in [0.1, 0.15) is 11.9 Å². The summed E-state index contributed by atoms with van der Waals surface area (Å²) >= 11 is 11.4. The highest BCUT2D eigenvalue weighted by Crippen LogP contribution is 2.23. The normalized spacial score (nSPS) is 15.3. The van der Waals surface area contributed by atoms with Crippen molar-refractivity contribution < 1.29 is 18.8 Å². The molecule has 1 aliphatic heterocycles. The number of thiocarbonyl (C=S) groups is 1. The Morgan fingerprint density at radius 2 is 1.71 bits per heavy atom. The number of carbonyl (C=O) groups is 3. The molecule has 0 radical (unpaired) electrons. The highest BCUT2D eigenvalue weighted by Gasteiger charge is 2.44. The number of anilines is 1. The Hall–Kier alpha value is -3.82. The molecule has 4 rings (SSSR count). The van der Waals surface area contributed by atoms with Gasteiger partial charge in [-0.15, -0.1) is 0 Å². The van der Waals surface area contributed by atoms with E-state index in [9.17, 15) is 18.8 Å². The Morgan fingerprint density at radius 1 is 1.00 bits per heavy atom. The van der Waals surface area contributed by atoms with E-state index in [0.29, 0.717) is 10.7 Å². The number of nitrogens with one attached hydrogen (secondary N) is 2. The zero-order valence-electron chi connectivity index (χ0n) is 18.3. The van der Waals surface area contributed by atoms with E-state index in [-0.39, 0.29) is 23.6 Å². The van der Waals surface area contributed by atoms with Gasteiger partial charge in [-0.1, -0.05) is 48.0 Å². The third-order valence-electron chi connectivity index (χ3n) is 5.30. The van der Waals surface area contributed by atoms with Crippen molar-refractivity contribution in [1.82, 2.24) is 15.3 Å². The summed E-state index contributed by atoms with van der Waals surface area (Å²) in [4.78, 5) is 40.2. The number of hydrogen-bond donors (Lipinski definition) is 2. The molecule has 10 heteroatoms. The van der Waals surface area contributed by atoms with Crippen molar-refractivity contribution in [1.29, 1.82) is 0 Å². The molecule has 3 aromatic rings. The van der Waals surface area contributed by atoms with Gasteiger partial charge in [0.25, 0.3) is 11.8 Å². The lowest BCUT2D eigenvalue weighted by molar-refractivity contribution is -0.131. The van der Waals surface area contributed by atoms with Crippen LogP contribution >= 0.6 is 23.8 Å². The van der Waals surface area contributed by atoms with Crippen molar-refractivity contribution in [2.24, 2.45) is 0 Å². The van der Waals surface area contributed by atoms with Crippen LogP contribution in [0.1, 0.15) is 22.3 Å². The average Bonchev–Trinajstić information content (AvgIpc) is 3.05. The Kier molecular flexibility index (Phi) is 7.38. The molecule has 178 valence electrons. The number of hydrogen-bond acceptors (Lipinski definition) is 4. The molecule has 0 unspecified atom stereocenters. The second-order valence-electron chi connectivity index (χ2n) is 7.79. The van der Waals surface area contributed by atoms with Gasteiger partial charge in [0.05, 0.1) is 13.0 Å². The standard InChI is InChI=1S/C25H20ClFN4O3S/c26-18-9-11-20(12-10-18)28-22(32)14-21-24(34)30(15-16-5-2-1-3-6-16)25(35)31(21)29-23(33)17-7-4-8-19(27)13-17/h1-13,21H,14-15H2,(H,28,32)(H,29,33)/t21-/m0/s1. The van der Waals surface area contributed by atoms with E-state index in [1.165, 1.54) is 28.1 Å². The van der Waals surface area contributed by atoms with Gasteiger partial charge in [-0.05, 0) is 60.2 Å². The second-order valence-corrected chi connectivity index (χ2v) is 8.59. The maximum Gasteiger partial charge on any atom is 0.269 e. The van der Waals surface area contributed by atoms with Crippen LogP contribution in [-0.4, -0.2) is 38.8 Å². The van der Waals surface area contributed by atoms with E-state index < -0.39 is 29.6 Å². The summed E-state index contributed by atoms with van der Waals surface area (Å²) in [5, 5.41) is 4.45. The topological polar surface area (TPSA) is 81.8 Å². The van der Waals surface area contributed by atoms with Crippen molar-refractivity contribution in [3.05, 3.63) is 101 Å². The minimum absolute atomic E-state index is 0.0351. The summed E-state index contributed by atoms with van der Waals surface area (Å²) in [6.45, 7) is 0.167. The van der Waals surface area contributed by atoms with Gasteiger partial charge in [-0.25, -0.2) is 9.40 Å². The molecule has 0 spiro atoms. The van der Waals surface area contributed by atoms with Crippen LogP contribution in [-0.2, 0) is 16.1 Å². The monoisotopic (exact) mass is 510 g/mol. The molecule has 3 amide bonds. The summed E-state index contributed by atoms with van der Waals surface area (Å²) in [7, 11) is 0. The molecule has 35 heavy (non-hydrogen) atoms. The Balaban J connectivity index is 1.56. The van der Waals surface area contributed by atoms with Gasteiger partial charge < -0.3 is 5.32 Å². The lowest BCUT2D eigenvalue weighted by atomic mass is 10.1. The summed E-state index contributed by atoms with van der Waals surface area (Å²) in [6.07, 6.45) is -0.281. The summed E-state index contributed by atoms with van der Waals surface area (Å²) in [5.74, 6) is -2.14. The first-order chi connectivity index (χ1) is 16.8. The number of carbonyl (C=O) groups excluding carboxylic acids is 3. The largest absolute Gasteiger partial charge is 0.326 e. The van der Waals surface area contributed by atoms with Crippen LogP contribution in [0.2, 0.25) is 5.02 Å². The number of hydrazine groups is 1. The number of benzene rings is 3. The quantitative estimate of drug-likeness (QED) is 0.467. The maximum atomic E-state index is 13.6. The van der Waals surface area contributed by atoms with Crippen LogP contribution in [0.5, 0.6) is 0 Å². The zero-order valence-corrected chi connectivity index (χ0v) is 19.9. The molecule has 1 fully saturated rings. The van der Waals surface area contributed by atoms with E-state index in [0.717, 1.165) is 11.6 Å². The van der Waals surface area contributed by atoms with Crippen LogP contribution in [0.3, 0.4) is 0 Å². The SMILES string of the molecule is O=C(C[C@H]1C(=O)N(Cc2ccccc2)C(=S)N1NC(=O)c1cccc(F)c1)Nc1ccc(Cl)cc1.